The van der Waals surface area contributed by atoms with Crippen LogP contribution in [0.5, 0.6) is 0 Å². The summed E-state index contributed by atoms with van der Waals surface area (Å²) in [5.74, 6) is 0.248. The zero-order chi connectivity index (χ0) is 19.2. The maximum absolute atomic E-state index is 13.0. The first-order valence-electron chi connectivity index (χ1n) is 7.89. The number of aromatic nitrogens is 2. The van der Waals surface area contributed by atoms with Crippen LogP contribution < -0.4 is 4.31 Å². The standard InChI is InChI=1S/C18H13ClFN3O2S2/c1-23-15-8-12(19)4-7-14(15)17-16(27(23,24)25)9-21-18(22-17)26-10-11-2-5-13(20)6-3-11/h2-9H,10H2,1H3. The van der Waals surface area contributed by atoms with Crippen molar-refractivity contribution in [1.82, 2.24) is 9.97 Å². The molecule has 4 rings (SSSR count). The van der Waals surface area contributed by atoms with E-state index in [0.29, 0.717) is 32.9 Å². The summed E-state index contributed by atoms with van der Waals surface area (Å²) in [6.45, 7) is 0. The fourth-order valence-corrected chi connectivity index (χ4v) is 5.01. The maximum Gasteiger partial charge on any atom is 0.267 e. The molecule has 0 amide bonds. The molecule has 27 heavy (non-hydrogen) atoms. The molecule has 1 aliphatic heterocycles. The van der Waals surface area contributed by atoms with Crippen LogP contribution in [0.25, 0.3) is 11.3 Å². The summed E-state index contributed by atoms with van der Waals surface area (Å²) in [7, 11) is -2.26. The Morgan fingerprint density at radius 2 is 1.93 bits per heavy atom. The molecule has 5 nitrogen and oxygen atoms in total. The zero-order valence-electron chi connectivity index (χ0n) is 14.1. The highest BCUT2D eigenvalue weighted by Gasteiger charge is 2.34. The predicted molar refractivity (Wildman–Crippen MR) is 104 cm³/mol. The van der Waals surface area contributed by atoms with Crippen LogP contribution in [0.15, 0.2) is 58.7 Å². The van der Waals surface area contributed by atoms with E-state index in [1.807, 2.05) is 0 Å². The van der Waals surface area contributed by atoms with Crippen molar-refractivity contribution in [2.45, 2.75) is 15.8 Å². The highest BCUT2D eigenvalue weighted by molar-refractivity contribution is 7.98. The smallest absolute Gasteiger partial charge is 0.267 e. The summed E-state index contributed by atoms with van der Waals surface area (Å²) in [5, 5.41) is 0.887. The molecule has 0 atom stereocenters. The van der Waals surface area contributed by atoms with Gasteiger partial charge in [0.2, 0.25) is 0 Å². The Bertz CT molecular complexity index is 1140. The van der Waals surface area contributed by atoms with Crippen LogP contribution in [-0.2, 0) is 15.8 Å². The Morgan fingerprint density at radius 3 is 2.67 bits per heavy atom. The fourth-order valence-electron chi connectivity index (χ4n) is 2.78. The number of benzene rings is 2. The van der Waals surface area contributed by atoms with Crippen LogP contribution >= 0.6 is 23.4 Å². The molecule has 138 valence electrons. The second-order valence-corrected chi connectivity index (χ2v) is 9.23. The fraction of sp³-hybridized carbons (Fsp3) is 0.111. The average molecular weight is 422 g/mol. The Hall–Kier alpha value is -2.16. The number of hydrogen-bond acceptors (Lipinski definition) is 5. The molecule has 0 saturated heterocycles. The van der Waals surface area contributed by atoms with Gasteiger partial charge in [-0.25, -0.2) is 22.8 Å². The largest absolute Gasteiger partial charge is 0.269 e. The van der Waals surface area contributed by atoms with Crippen molar-refractivity contribution in [3.8, 4) is 11.3 Å². The van der Waals surface area contributed by atoms with E-state index >= 15 is 0 Å². The lowest BCUT2D eigenvalue weighted by atomic mass is 10.1. The Balaban J connectivity index is 1.73. The molecule has 9 heteroatoms. The Kier molecular flexibility index (Phi) is 4.57. The number of anilines is 1. The molecule has 0 fully saturated rings. The lowest BCUT2D eigenvalue weighted by molar-refractivity contribution is 0.592. The third-order valence-corrected chi connectivity index (χ3v) is 7.15. The van der Waals surface area contributed by atoms with E-state index in [0.717, 1.165) is 5.56 Å². The van der Waals surface area contributed by atoms with E-state index in [1.165, 1.54) is 41.4 Å². The van der Waals surface area contributed by atoms with Gasteiger partial charge in [-0.2, -0.15) is 0 Å². The molecule has 0 N–H and O–H groups in total. The van der Waals surface area contributed by atoms with Crippen molar-refractivity contribution in [2.75, 3.05) is 11.4 Å². The SMILES string of the molecule is CN1c2cc(Cl)ccc2-c2nc(SCc3ccc(F)cc3)ncc2S1(=O)=O. The normalized spacial score (nSPS) is 14.6. The first kappa shape index (κ1) is 18.2. The van der Waals surface area contributed by atoms with Gasteiger partial charge in [0.1, 0.15) is 10.7 Å². The molecular weight excluding hydrogens is 409 g/mol. The predicted octanol–water partition coefficient (Wildman–Crippen LogP) is 4.37. The monoisotopic (exact) mass is 421 g/mol. The summed E-state index contributed by atoms with van der Waals surface area (Å²) in [5.41, 5.74) is 2.43. The maximum atomic E-state index is 13.0. The highest BCUT2D eigenvalue weighted by atomic mass is 35.5. The number of halogens is 2. The number of hydrogen-bond donors (Lipinski definition) is 0. The highest BCUT2D eigenvalue weighted by Crippen LogP contribution is 2.42. The first-order chi connectivity index (χ1) is 12.9. The molecule has 1 aliphatic rings. The van der Waals surface area contributed by atoms with Crippen molar-refractivity contribution in [1.29, 1.82) is 0 Å². The van der Waals surface area contributed by atoms with Gasteiger partial charge in [0, 0.05) is 23.4 Å². The molecule has 1 aromatic heterocycles. The Labute approximate surface area is 165 Å². The van der Waals surface area contributed by atoms with Crippen molar-refractivity contribution in [3.05, 3.63) is 65.1 Å². The van der Waals surface area contributed by atoms with Gasteiger partial charge in [-0.1, -0.05) is 35.5 Å². The summed E-state index contributed by atoms with van der Waals surface area (Å²) >= 11 is 7.39. The topological polar surface area (TPSA) is 63.2 Å². The lowest BCUT2D eigenvalue weighted by Gasteiger charge is -2.28. The number of rotatable bonds is 3. The molecule has 3 aromatic rings. The molecule has 2 aromatic carbocycles. The van der Waals surface area contributed by atoms with Crippen LogP contribution in [-0.4, -0.2) is 25.4 Å². The van der Waals surface area contributed by atoms with E-state index < -0.39 is 10.0 Å². The molecule has 0 radical (unpaired) electrons. The van der Waals surface area contributed by atoms with Crippen LogP contribution in [0.4, 0.5) is 10.1 Å². The van der Waals surface area contributed by atoms with Gasteiger partial charge in [0.25, 0.3) is 10.0 Å². The van der Waals surface area contributed by atoms with Crippen molar-refractivity contribution < 1.29 is 12.8 Å². The zero-order valence-corrected chi connectivity index (χ0v) is 16.4. The summed E-state index contributed by atoms with van der Waals surface area (Å²) in [4.78, 5) is 8.73. The quantitative estimate of drug-likeness (QED) is 0.464. The van der Waals surface area contributed by atoms with Crippen LogP contribution in [0, 0.1) is 5.82 Å². The van der Waals surface area contributed by atoms with E-state index in [4.69, 9.17) is 11.6 Å². The van der Waals surface area contributed by atoms with Gasteiger partial charge in [0.15, 0.2) is 5.16 Å². The molecule has 2 heterocycles. The molecule has 0 spiro atoms. The van der Waals surface area contributed by atoms with Gasteiger partial charge in [-0.3, -0.25) is 4.31 Å². The second kappa shape index (κ2) is 6.78. The van der Waals surface area contributed by atoms with Crippen molar-refractivity contribution >= 4 is 39.1 Å². The third-order valence-electron chi connectivity index (χ3n) is 4.21. The van der Waals surface area contributed by atoms with Gasteiger partial charge in [-0.05, 0) is 35.9 Å². The third kappa shape index (κ3) is 3.28. The average Bonchev–Trinajstić information content (AvgIpc) is 2.66. The van der Waals surface area contributed by atoms with E-state index in [-0.39, 0.29) is 10.7 Å². The number of sulfonamides is 1. The van der Waals surface area contributed by atoms with E-state index in [2.05, 4.69) is 9.97 Å². The minimum Gasteiger partial charge on any atom is -0.269 e. The molecule has 0 unspecified atom stereocenters. The minimum atomic E-state index is -3.74. The Morgan fingerprint density at radius 1 is 1.19 bits per heavy atom. The van der Waals surface area contributed by atoms with E-state index in [1.54, 1.807) is 30.3 Å². The van der Waals surface area contributed by atoms with Gasteiger partial charge >= 0.3 is 0 Å². The number of nitrogens with zero attached hydrogens (tertiary/aromatic N) is 3. The minimum absolute atomic E-state index is 0.0611. The van der Waals surface area contributed by atoms with Gasteiger partial charge in [0.05, 0.1) is 17.6 Å². The molecule has 0 bridgehead atoms. The number of fused-ring (bicyclic) bond motifs is 3. The summed E-state index contributed by atoms with van der Waals surface area (Å²) in [6.07, 6.45) is 1.33. The molecule has 0 aliphatic carbocycles. The first-order valence-corrected chi connectivity index (χ1v) is 10.7. The van der Waals surface area contributed by atoms with Gasteiger partial charge in [-0.15, -0.1) is 0 Å². The number of thioether (sulfide) groups is 1. The summed E-state index contributed by atoms with van der Waals surface area (Å²) < 4.78 is 39.7. The van der Waals surface area contributed by atoms with Crippen LogP contribution in [0.1, 0.15) is 5.56 Å². The summed E-state index contributed by atoms with van der Waals surface area (Å²) in [6, 6.07) is 11.2. The van der Waals surface area contributed by atoms with Gasteiger partial charge < -0.3 is 0 Å². The van der Waals surface area contributed by atoms with E-state index in [9.17, 15) is 12.8 Å². The van der Waals surface area contributed by atoms with Crippen LogP contribution in [0.3, 0.4) is 0 Å². The lowest BCUT2D eigenvalue weighted by Crippen LogP contribution is -2.31. The van der Waals surface area contributed by atoms with Crippen LogP contribution in [0.2, 0.25) is 5.02 Å². The van der Waals surface area contributed by atoms with Crippen molar-refractivity contribution in [2.24, 2.45) is 0 Å². The molecular formula is C18H13ClFN3O2S2. The van der Waals surface area contributed by atoms with Crippen molar-refractivity contribution in [3.63, 3.8) is 0 Å². The second-order valence-electron chi connectivity index (χ2n) is 5.91. The molecule has 0 saturated carbocycles.